The van der Waals surface area contributed by atoms with Crippen molar-refractivity contribution in [1.29, 1.82) is 0 Å². The average Bonchev–Trinajstić information content (AvgIpc) is 2.87. The third-order valence-corrected chi connectivity index (χ3v) is 8.37. The van der Waals surface area contributed by atoms with Crippen LogP contribution in [0, 0.1) is 6.92 Å². The minimum Gasteiger partial charge on any atom is -0.411 e. The molecule has 1 aliphatic heterocycles. The summed E-state index contributed by atoms with van der Waals surface area (Å²) in [5, 5.41) is 17.7. The molecule has 2 heterocycles. The first-order chi connectivity index (χ1) is 17.2. The standard InChI is InChI=1S/C27H32N4O4S/c1-19-6-4-5-7-23(19)24(18-26(29-33)25-12-13-27(32)30(2)28-25)22-10-8-20(9-11-22)21-14-16-31(17-15-21)36(3,34)35/h4-13,21,24,33H,14-18H2,1-3H3/t24-/m1/s1. The van der Waals surface area contributed by atoms with Crippen LogP contribution in [0.5, 0.6) is 0 Å². The molecular formula is C27H32N4O4S. The van der Waals surface area contributed by atoms with E-state index in [-0.39, 0.29) is 11.5 Å². The van der Waals surface area contributed by atoms with E-state index in [1.165, 1.54) is 22.6 Å². The number of oxime groups is 1. The number of aryl methyl sites for hydroxylation is 2. The number of rotatable bonds is 7. The lowest BCUT2D eigenvalue weighted by Crippen LogP contribution is -2.37. The second-order valence-corrected chi connectivity index (χ2v) is 11.4. The van der Waals surface area contributed by atoms with Gasteiger partial charge in [-0.2, -0.15) is 5.10 Å². The van der Waals surface area contributed by atoms with Gasteiger partial charge in [-0.15, -0.1) is 0 Å². The Morgan fingerprint density at radius 2 is 1.75 bits per heavy atom. The maximum Gasteiger partial charge on any atom is 0.266 e. The van der Waals surface area contributed by atoms with Gasteiger partial charge in [-0.1, -0.05) is 53.7 Å². The highest BCUT2D eigenvalue weighted by atomic mass is 32.2. The maximum atomic E-state index is 11.8. The molecule has 0 spiro atoms. The molecule has 1 atom stereocenters. The predicted octanol–water partition coefficient (Wildman–Crippen LogP) is 3.63. The Labute approximate surface area is 211 Å². The molecule has 0 radical (unpaired) electrons. The molecule has 36 heavy (non-hydrogen) atoms. The summed E-state index contributed by atoms with van der Waals surface area (Å²) in [6.07, 6.45) is 3.27. The van der Waals surface area contributed by atoms with E-state index in [1.54, 1.807) is 17.4 Å². The third-order valence-electron chi connectivity index (χ3n) is 7.07. The van der Waals surface area contributed by atoms with Crippen LogP contribution in [-0.2, 0) is 17.1 Å². The van der Waals surface area contributed by atoms with Crippen LogP contribution < -0.4 is 5.56 Å². The lowest BCUT2D eigenvalue weighted by atomic mass is 9.82. The van der Waals surface area contributed by atoms with Crippen molar-refractivity contribution in [3.63, 3.8) is 0 Å². The zero-order chi connectivity index (χ0) is 25.9. The lowest BCUT2D eigenvalue weighted by molar-refractivity contribution is 0.317. The van der Waals surface area contributed by atoms with Crippen LogP contribution in [0.25, 0.3) is 0 Å². The van der Waals surface area contributed by atoms with E-state index in [9.17, 15) is 18.4 Å². The summed E-state index contributed by atoms with van der Waals surface area (Å²) in [7, 11) is -1.58. The summed E-state index contributed by atoms with van der Waals surface area (Å²) in [5.41, 5.74) is 5.15. The van der Waals surface area contributed by atoms with Gasteiger partial charge in [0.1, 0.15) is 11.4 Å². The number of sulfonamides is 1. The molecule has 0 saturated carbocycles. The van der Waals surface area contributed by atoms with Crippen LogP contribution in [0.15, 0.2) is 70.6 Å². The fourth-order valence-electron chi connectivity index (χ4n) is 4.95. The monoisotopic (exact) mass is 508 g/mol. The Morgan fingerprint density at radius 3 is 2.33 bits per heavy atom. The highest BCUT2D eigenvalue weighted by Crippen LogP contribution is 2.34. The van der Waals surface area contributed by atoms with Crippen molar-refractivity contribution in [2.45, 2.75) is 38.0 Å². The SMILES string of the molecule is Cc1ccccc1[C@H](CC(=NO)c1ccc(=O)n(C)n1)c1ccc(C2CCN(S(C)(=O)=O)CC2)cc1. The van der Waals surface area contributed by atoms with Gasteiger partial charge in [0.05, 0.1) is 6.26 Å². The van der Waals surface area contributed by atoms with Gasteiger partial charge >= 0.3 is 0 Å². The Balaban J connectivity index is 1.62. The molecule has 8 nitrogen and oxygen atoms in total. The number of piperidine rings is 1. The van der Waals surface area contributed by atoms with Gasteiger partial charge in [0.15, 0.2) is 0 Å². The van der Waals surface area contributed by atoms with Crippen molar-refractivity contribution in [2.75, 3.05) is 19.3 Å². The van der Waals surface area contributed by atoms with Crippen molar-refractivity contribution in [1.82, 2.24) is 14.1 Å². The maximum absolute atomic E-state index is 11.8. The first-order valence-corrected chi connectivity index (χ1v) is 13.9. The van der Waals surface area contributed by atoms with Crippen LogP contribution in [-0.4, -0.2) is 52.8 Å². The molecule has 1 N–H and O–H groups in total. The molecular weight excluding hydrogens is 476 g/mol. The first-order valence-electron chi connectivity index (χ1n) is 12.0. The van der Waals surface area contributed by atoms with E-state index in [2.05, 4.69) is 53.6 Å². The van der Waals surface area contributed by atoms with E-state index in [0.717, 1.165) is 29.5 Å². The molecule has 2 aromatic carbocycles. The number of aromatic nitrogens is 2. The van der Waals surface area contributed by atoms with Crippen molar-refractivity contribution in [3.8, 4) is 0 Å². The predicted molar refractivity (Wildman–Crippen MR) is 140 cm³/mol. The van der Waals surface area contributed by atoms with Gasteiger partial charge in [-0.3, -0.25) is 4.79 Å². The normalized spacial score (nSPS) is 16.7. The van der Waals surface area contributed by atoms with Crippen LogP contribution in [0.2, 0.25) is 0 Å². The molecule has 1 fully saturated rings. The van der Waals surface area contributed by atoms with Gasteiger partial charge < -0.3 is 5.21 Å². The Kier molecular flexibility index (Phi) is 7.70. The van der Waals surface area contributed by atoms with E-state index in [0.29, 0.717) is 36.8 Å². The fraction of sp³-hybridized carbons (Fsp3) is 0.370. The van der Waals surface area contributed by atoms with E-state index >= 15 is 0 Å². The molecule has 190 valence electrons. The molecule has 0 bridgehead atoms. The average molecular weight is 509 g/mol. The Bertz CT molecular complexity index is 1410. The summed E-state index contributed by atoms with van der Waals surface area (Å²) in [5.74, 6) is 0.232. The van der Waals surface area contributed by atoms with Gasteiger partial charge in [-0.05, 0) is 54.0 Å². The fourth-order valence-corrected chi connectivity index (χ4v) is 5.83. The summed E-state index contributed by atoms with van der Waals surface area (Å²) in [6.45, 7) is 3.15. The summed E-state index contributed by atoms with van der Waals surface area (Å²) in [4.78, 5) is 11.8. The van der Waals surface area contributed by atoms with Gasteiger partial charge in [0, 0.05) is 38.5 Å². The van der Waals surface area contributed by atoms with Crippen LogP contribution >= 0.6 is 0 Å². The molecule has 4 rings (SSSR count). The molecule has 0 aliphatic carbocycles. The zero-order valence-corrected chi connectivity index (χ0v) is 21.6. The van der Waals surface area contributed by atoms with Crippen LogP contribution in [0.4, 0.5) is 0 Å². The number of hydrogen-bond donors (Lipinski definition) is 1. The summed E-state index contributed by atoms with van der Waals surface area (Å²) < 4.78 is 26.5. The Morgan fingerprint density at radius 1 is 1.08 bits per heavy atom. The summed E-state index contributed by atoms with van der Waals surface area (Å²) in [6, 6.07) is 19.6. The Hall–Kier alpha value is -3.30. The molecule has 3 aromatic rings. The molecule has 0 amide bonds. The second-order valence-electron chi connectivity index (χ2n) is 9.44. The van der Waals surface area contributed by atoms with E-state index in [1.807, 2.05) is 12.1 Å². The second kappa shape index (κ2) is 10.8. The molecule has 1 aromatic heterocycles. The van der Waals surface area contributed by atoms with Crippen LogP contribution in [0.1, 0.15) is 59.0 Å². The van der Waals surface area contributed by atoms with Crippen molar-refractivity contribution < 1.29 is 13.6 Å². The minimum atomic E-state index is -3.15. The van der Waals surface area contributed by atoms with Gasteiger partial charge in [-0.25, -0.2) is 17.4 Å². The molecule has 9 heteroatoms. The number of hydrogen-bond acceptors (Lipinski definition) is 6. The van der Waals surface area contributed by atoms with Crippen molar-refractivity contribution in [3.05, 3.63) is 99.0 Å². The highest BCUT2D eigenvalue weighted by molar-refractivity contribution is 7.88. The zero-order valence-electron chi connectivity index (χ0n) is 20.8. The number of benzene rings is 2. The number of nitrogens with zero attached hydrogens (tertiary/aromatic N) is 4. The molecule has 0 unspecified atom stereocenters. The largest absolute Gasteiger partial charge is 0.411 e. The smallest absolute Gasteiger partial charge is 0.266 e. The van der Waals surface area contributed by atoms with Crippen molar-refractivity contribution >= 4 is 15.7 Å². The minimum absolute atomic E-state index is 0.0859. The molecule has 1 saturated heterocycles. The summed E-state index contributed by atoms with van der Waals surface area (Å²) >= 11 is 0. The van der Waals surface area contributed by atoms with E-state index < -0.39 is 10.0 Å². The molecule has 1 aliphatic rings. The van der Waals surface area contributed by atoms with Crippen LogP contribution in [0.3, 0.4) is 0 Å². The first kappa shape index (κ1) is 25.8. The highest BCUT2D eigenvalue weighted by Gasteiger charge is 2.26. The quantitative estimate of drug-likeness (QED) is 0.298. The third kappa shape index (κ3) is 5.74. The topological polar surface area (TPSA) is 105 Å². The van der Waals surface area contributed by atoms with Gasteiger partial charge in [0.25, 0.3) is 5.56 Å². The van der Waals surface area contributed by atoms with Gasteiger partial charge in [0.2, 0.25) is 10.0 Å². The lowest BCUT2D eigenvalue weighted by Gasteiger charge is -2.30. The van der Waals surface area contributed by atoms with Crippen molar-refractivity contribution in [2.24, 2.45) is 12.2 Å². The van der Waals surface area contributed by atoms with E-state index in [4.69, 9.17) is 0 Å².